The first-order valence-electron chi connectivity index (χ1n) is 6.03. The van der Waals surface area contributed by atoms with Crippen LogP contribution in [0.15, 0.2) is 6.07 Å². The second-order valence-corrected chi connectivity index (χ2v) is 6.56. The Labute approximate surface area is 114 Å². The van der Waals surface area contributed by atoms with Crippen molar-refractivity contribution in [3.05, 3.63) is 17.0 Å². The van der Waals surface area contributed by atoms with E-state index < -0.39 is 11.6 Å². The molecule has 2 N–H and O–H groups in total. The number of nitrogens with zero attached hydrogens (tertiary/aromatic N) is 2. The van der Waals surface area contributed by atoms with Gasteiger partial charge in [0.25, 0.3) is 0 Å². The van der Waals surface area contributed by atoms with Gasteiger partial charge in [0.15, 0.2) is 0 Å². The van der Waals surface area contributed by atoms with E-state index in [1.54, 1.807) is 13.0 Å². The molecule has 1 heterocycles. The molecule has 0 bridgehead atoms. The lowest BCUT2D eigenvalue weighted by atomic mass is 9.95. The highest BCUT2D eigenvalue weighted by Gasteiger charge is 2.25. The zero-order valence-corrected chi connectivity index (χ0v) is 12.6. The van der Waals surface area contributed by atoms with Gasteiger partial charge in [-0.15, -0.1) is 0 Å². The summed E-state index contributed by atoms with van der Waals surface area (Å²) >= 11 is 6.01. The number of hydrogen-bond donors (Lipinski definition) is 2. The van der Waals surface area contributed by atoms with Crippen LogP contribution < -0.4 is 5.32 Å². The number of aromatic nitrogens is 2. The Balaban J connectivity index is 3.08. The van der Waals surface area contributed by atoms with Crippen LogP contribution in [0.2, 0.25) is 5.15 Å². The molecule has 102 valence electrons. The largest absolute Gasteiger partial charge is 0.391 e. The summed E-state index contributed by atoms with van der Waals surface area (Å²) < 4.78 is 0. The van der Waals surface area contributed by atoms with Crippen LogP contribution in [0.25, 0.3) is 0 Å². The third-order valence-electron chi connectivity index (χ3n) is 2.86. The topological polar surface area (TPSA) is 58.0 Å². The van der Waals surface area contributed by atoms with Crippen LogP contribution in [0.4, 0.5) is 5.82 Å². The van der Waals surface area contributed by atoms with Crippen molar-refractivity contribution in [3.8, 4) is 0 Å². The van der Waals surface area contributed by atoms with Crippen molar-refractivity contribution < 1.29 is 5.11 Å². The van der Waals surface area contributed by atoms with E-state index in [0.717, 1.165) is 0 Å². The summed E-state index contributed by atoms with van der Waals surface area (Å²) in [5.41, 5.74) is -0.650. The third kappa shape index (κ3) is 3.82. The van der Waals surface area contributed by atoms with Gasteiger partial charge in [-0.1, -0.05) is 32.4 Å². The van der Waals surface area contributed by atoms with Crippen molar-refractivity contribution in [2.75, 3.05) is 5.32 Å². The Morgan fingerprint density at radius 1 is 1.22 bits per heavy atom. The first kappa shape index (κ1) is 15.2. The lowest BCUT2D eigenvalue weighted by Crippen LogP contribution is -2.42. The molecule has 0 spiro atoms. The number of halogens is 1. The third-order valence-corrected chi connectivity index (χ3v) is 3.05. The fourth-order valence-electron chi connectivity index (χ4n) is 1.25. The molecule has 1 unspecified atom stereocenters. The Morgan fingerprint density at radius 2 is 1.78 bits per heavy atom. The lowest BCUT2D eigenvalue weighted by Gasteiger charge is -2.30. The fourth-order valence-corrected chi connectivity index (χ4v) is 1.44. The number of hydrogen-bond acceptors (Lipinski definition) is 4. The zero-order chi connectivity index (χ0) is 14.1. The molecule has 1 aromatic heterocycles. The molecule has 18 heavy (non-hydrogen) atoms. The van der Waals surface area contributed by atoms with Crippen molar-refractivity contribution >= 4 is 17.4 Å². The van der Waals surface area contributed by atoms with Crippen LogP contribution in [0, 0.1) is 0 Å². The molecule has 0 fully saturated rings. The maximum atomic E-state index is 9.70. The smallest absolute Gasteiger partial charge is 0.137 e. The molecule has 0 saturated carbocycles. The van der Waals surface area contributed by atoms with Gasteiger partial charge >= 0.3 is 0 Å². The molecule has 0 aliphatic heterocycles. The van der Waals surface area contributed by atoms with Gasteiger partial charge in [-0.2, -0.15) is 0 Å². The Hall–Kier alpha value is -0.870. The van der Waals surface area contributed by atoms with E-state index in [-0.39, 0.29) is 5.41 Å². The predicted molar refractivity (Wildman–Crippen MR) is 75.1 cm³/mol. The van der Waals surface area contributed by atoms with Crippen LogP contribution in [0.1, 0.15) is 47.4 Å². The molecule has 0 aromatic carbocycles. The van der Waals surface area contributed by atoms with Crippen LogP contribution in [0.5, 0.6) is 0 Å². The lowest BCUT2D eigenvalue weighted by molar-refractivity contribution is 0.133. The number of anilines is 1. The monoisotopic (exact) mass is 271 g/mol. The quantitative estimate of drug-likeness (QED) is 0.830. The van der Waals surface area contributed by atoms with Crippen molar-refractivity contribution in [2.45, 2.75) is 58.6 Å². The predicted octanol–water partition coefficient (Wildman–Crippen LogP) is 3.00. The van der Waals surface area contributed by atoms with Gasteiger partial charge in [0.1, 0.15) is 16.8 Å². The van der Waals surface area contributed by atoms with Gasteiger partial charge in [0.2, 0.25) is 0 Å². The van der Waals surface area contributed by atoms with E-state index in [4.69, 9.17) is 11.6 Å². The molecule has 0 radical (unpaired) electrons. The molecule has 5 heteroatoms. The van der Waals surface area contributed by atoms with Crippen molar-refractivity contribution in [2.24, 2.45) is 0 Å². The highest BCUT2D eigenvalue weighted by Crippen LogP contribution is 2.24. The van der Waals surface area contributed by atoms with Gasteiger partial charge in [-0.25, -0.2) is 9.97 Å². The minimum Gasteiger partial charge on any atom is -0.391 e. The number of aliphatic hydroxyl groups excluding tert-OH is 1. The maximum Gasteiger partial charge on any atom is 0.137 e. The highest BCUT2D eigenvalue weighted by atomic mass is 35.5. The average Bonchev–Trinajstić information content (AvgIpc) is 2.13. The Bertz CT molecular complexity index is 425. The average molecular weight is 272 g/mol. The molecule has 0 aliphatic rings. The maximum absolute atomic E-state index is 9.70. The summed E-state index contributed by atoms with van der Waals surface area (Å²) in [7, 11) is 0. The summed E-state index contributed by atoms with van der Waals surface area (Å²) in [4.78, 5) is 8.69. The summed E-state index contributed by atoms with van der Waals surface area (Å²) in [5, 5.41) is 13.3. The highest BCUT2D eigenvalue weighted by molar-refractivity contribution is 6.29. The molecule has 1 aromatic rings. The Morgan fingerprint density at radius 3 is 2.22 bits per heavy atom. The van der Waals surface area contributed by atoms with Gasteiger partial charge in [0, 0.05) is 11.5 Å². The van der Waals surface area contributed by atoms with E-state index >= 15 is 0 Å². The van der Waals surface area contributed by atoms with Crippen LogP contribution in [0.3, 0.4) is 0 Å². The standard InChI is InChI=1S/C13H22ClN3O/c1-8(18)13(5,6)17-10-7-9(14)15-11(16-10)12(2,3)4/h7-8,18H,1-6H3,(H,15,16,17). The van der Waals surface area contributed by atoms with Crippen molar-refractivity contribution in [1.82, 2.24) is 9.97 Å². The zero-order valence-electron chi connectivity index (χ0n) is 11.9. The van der Waals surface area contributed by atoms with Crippen molar-refractivity contribution in [3.63, 3.8) is 0 Å². The summed E-state index contributed by atoms with van der Waals surface area (Å²) in [5.74, 6) is 1.31. The van der Waals surface area contributed by atoms with E-state index in [1.807, 2.05) is 34.6 Å². The second-order valence-electron chi connectivity index (χ2n) is 6.17. The molecule has 0 amide bonds. The van der Waals surface area contributed by atoms with E-state index in [0.29, 0.717) is 16.8 Å². The van der Waals surface area contributed by atoms with E-state index in [2.05, 4.69) is 15.3 Å². The second kappa shape index (κ2) is 5.02. The molecule has 0 aliphatic carbocycles. The molecule has 0 saturated heterocycles. The normalized spacial score (nSPS) is 14.4. The van der Waals surface area contributed by atoms with Gasteiger partial charge < -0.3 is 10.4 Å². The summed E-state index contributed by atoms with van der Waals surface area (Å²) in [6, 6.07) is 1.67. The molecular formula is C13H22ClN3O. The summed E-state index contributed by atoms with van der Waals surface area (Å²) in [6.45, 7) is 11.6. The fraction of sp³-hybridized carbons (Fsp3) is 0.692. The van der Waals surface area contributed by atoms with Crippen LogP contribution >= 0.6 is 11.6 Å². The van der Waals surface area contributed by atoms with Crippen LogP contribution in [-0.4, -0.2) is 26.7 Å². The first-order valence-corrected chi connectivity index (χ1v) is 6.41. The van der Waals surface area contributed by atoms with Gasteiger partial charge in [0.05, 0.1) is 11.6 Å². The van der Waals surface area contributed by atoms with Crippen molar-refractivity contribution in [1.29, 1.82) is 0 Å². The van der Waals surface area contributed by atoms with Gasteiger partial charge in [-0.3, -0.25) is 0 Å². The van der Waals surface area contributed by atoms with Gasteiger partial charge in [-0.05, 0) is 20.8 Å². The Kier molecular flexibility index (Phi) is 4.23. The molecule has 1 atom stereocenters. The molecular weight excluding hydrogens is 250 g/mol. The summed E-state index contributed by atoms with van der Waals surface area (Å²) in [6.07, 6.45) is -0.510. The number of rotatable bonds is 3. The number of nitrogens with one attached hydrogen (secondary N) is 1. The minimum atomic E-state index is -0.510. The van der Waals surface area contributed by atoms with E-state index in [9.17, 15) is 5.11 Å². The SMILES string of the molecule is CC(O)C(C)(C)Nc1cc(Cl)nc(C(C)(C)C)n1. The first-order chi connectivity index (χ1) is 8.02. The van der Waals surface area contributed by atoms with E-state index in [1.165, 1.54) is 0 Å². The van der Waals surface area contributed by atoms with Crippen LogP contribution in [-0.2, 0) is 5.41 Å². The number of aliphatic hydroxyl groups is 1. The minimum absolute atomic E-state index is 0.170. The molecule has 1 rings (SSSR count). The molecule has 4 nitrogen and oxygen atoms in total.